The number of aromatic nitrogens is 2. The molecule has 0 aliphatic carbocycles. The SMILES string of the molecule is C[C@@H](N)c1noc(Cc2ccccc2)n1. The molecule has 1 aromatic carbocycles. The Hall–Kier alpha value is -1.68. The summed E-state index contributed by atoms with van der Waals surface area (Å²) in [7, 11) is 0. The summed E-state index contributed by atoms with van der Waals surface area (Å²) in [5.74, 6) is 1.16. The predicted molar refractivity (Wildman–Crippen MR) is 56.1 cm³/mol. The maximum atomic E-state index is 5.64. The first-order valence-corrected chi connectivity index (χ1v) is 4.87. The number of rotatable bonds is 3. The number of nitrogens with zero attached hydrogens (tertiary/aromatic N) is 2. The van der Waals surface area contributed by atoms with Crippen LogP contribution >= 0.6 is 0 Å². The summed E-state index contributed by atoms with van der Waals surface area (Å²) in [6.07, 6.45) is 0.653. The van der Waals surface area contributed by atoms with E-state index in [-0.39, 0.29) is 6.04 Å². The standard InChI is InChI=1S/C11H13N3O/c1-8(12)11-13-10(15-14-11)7-9-5-3-2-4-6-9/h2-6,8H,7,12H2,1H3/t8-/m1/s1. The van der Waals surface area contributed by atoms with E-state index in [4.69, 9.17) is 10.3 Å². The number of benzene rings is 1. The molecular formula is C11H13N3O. The number of nitrogens with two attached hydrogens (primary N) is 1. The van der Waals surface area contributed by atoms with Crippen molar-refractivity contribution >= 4 is 0 Å². The summed E-state index contributed by atoms with van der Waals surface area (Å²) in [4.78, 5) is 4.20. The molecule has 1 heterocycles. The van der Waals surface area contributed by atoms with Crippen LogP contribution in [0.2, 0.25) is 0 Å². The first kappa shape index (κ1) is 9.86. The molecule has 15 heavy (non-hydrogen) atoms. The Morgan fingerprint density at radius 3 is 2.67 bits per heavy atom. The van der Waals surface area contributed by atoms with Gasteiger partial charge in [-0.15, -0.1) is 0 Å². The smallest absolute Gasteiger partial charge is 0.231 e. The van der Waals surface area contributed by atoms with Crippen LogP contribution in [0, 0.1) is 0 Å². The lowest BCUT2D eigenvalue weighted by Gasteiger charge is -1.95. The molecule has 0 saturated heterocycles. The van der Waals surface area contributed by atoms with Gasteiger partial charge in [0.15, 0.2) is 5.82 Å². The minimum Gasteiger partial charge on any atom is -0.339 e. The van der Waals surface area contributed by atoms with Gasteiger partial charge in [-0.1, -0.05) is 35.5 Å². The highest BCUT2D eigenvalue weighted by Crippen LogP contribution is 2.09. The molecule has 78 valence electrons. The van der Waals surface area contributed by atoms with Gasteiger partial charge in [0.05, 0.1) is 12.5 Å². The highest BCUT2D eigenvalue weighted by atomic mass is 16.5. The molecule has 0 aliphatic heterocycles. The van der Waals surface area contributed by atoms with Crippen molar-refractivity contribution in [1.82, 2.24) is 10.1 Å². The molecule has 2 N–H and O–H groups in total. The van der Waals surface area contributed by atoms with Gasteiger partial charge in [-0.25, -0.2) is 0 Å². The van der Waals surface area contributed by atoms with E-state index < -0.39 is 0 Å². The average Bonchev–Trinajstić information content (AvgIpc) is 2.68. The monoisotopic (exact) mass is 203 g/mol. The van der Waals surface area contributed by atoms with Crippen LogP contribution < -0.4 is 5.73 Å². The second kappa shape index (κ2) is 4.23. The lowest BCUT2D eigenvalue weighted by atomic mass is 10.1. The van der Waals surface area contributed by atoms with E-state index in [0.717, 1.165) is 5.56 Å². The minimum absolute atomic E-state index is 0.182. The molecule has 0 spiro atoms. The maximum Gasteiger partial charge on any atom is 0.231 e. The third kappa shape index (κ3) is 2.41. The summed E-state index contributed by atoms with van der Waals surface area (Å²) >= 11 is 0. The van der Waals surface area contributed by atoms with Gasteiger partial charge in [-0.2, -0.15) is 4.98 Å². The van der Waals surface area contributed by atoms with Gasteiger partial charge in [-0.05, 0) is 12.5 Å². The van der Waals surface area contributed by atoms with Gasteiger partial charge < -0.3 is 10.3 Å². The first-order valence-electron chi connectivity index (χ1n) is 4.87. The van der Waals surface area contributed by atoms with E-state index >= 15 is 0 Å². The minimum atomic E-state index is -0.182. The highest BCUT2D eigenvalue weighted by molar-refractivity contribution is 5.18. The Morgan fingerprint density at radius 1 is 1.33 bits per heavy atom. The van der Waals surface area contributed by atoms with Crippen LogP contribution in [0.5, 0.6) is 0 Å². The molecule has 0 amide bonds. The van der Waals surface area contributed by atoms with E-state index in [2.05, 4.69) is 10.1 Å². The second-order valence-corrected chi connectivity index (χ2v) is 3.50. The fraction of sp³-hybridized carbons (Fsp3) is 0.273. The van der Waals surface area contributed by atoms with Crippen molar-refractivity contribution in [3.05, 3.63) is 47.6 Å². The molecule has 0 bridgehead atoms. The van der Waals surface area contributed by atoms with Gasteiger partial charge >= 0.3 is 0 Å². The summed E-state index contributed by atoms with van der Waals surface area (Å²) in [5, 5.41) is 3.80. The second-order valence-electron chi connectivity index (χ2n) is 3.50. The zero-order valence-electron chi connectivity index (χ0n) is 8.55. The molecule has 0 saturated carbocycles. The summed E-state index contributed by atoms with van der Waals surface area (Å²) in [5.41, 5.74) is 6.79. The van der Waals surface area contributed by atoms with E-state index in [0.29, 0.717) is 18.1 Å². The van der Waals surface area contributed by atoms with Crippen LogP contribution in [0.1, 0.15) is 30.2 Å². The molecule has 4 heteroatoms. The Morgan fingerprint density at radius 2 is 2.07 bits per heavy atom. The lowest BCUT2D eigenvalue weighted by molar-refractivity contribution is 0.377. The van der Waals surface area contributed by atoms with Crippen LogP contribution in [0.4, 0.5) is 0 Å². The Labute approximate surface area is 88.1 Å². The van der Waals surface area contributed by atoms with Crippen molar-refractivity contribution in [3.63, 3.8) is 0 Å². The summed E-state index contributed by atoms with van der Waals surface area (Å²) in [6, 6.07) is 9.81. The Balaban J connectivity index is 2.12. The highest BCUT2D eigenvalue weighted by Gasteiger charge is 2.09. The molecule has 0 radical (unpaired) electrons. The van der Waals surface area contributed by atoms with Crippen LogP contribution in [0.25, 0.3) is 0 Å². The molecule has 4 nitrogen and oxygen atoms in total. The van der Waals surface area contributed by atoms with Crippen LogP contribution in [0.3, 0.4) is 0 Å². The Kier molecular flexibility index (Phi) is 2.78. The van der Waals surface area contributed by atoms with Gasteiger partial charge in [0.1, 0.15) is 0 Å². The van der Waals surface area contributed by atoms with Gasteiger partial charge in [0.25, 0.3) is 0 Å². The van der Waals surface area contributed by atoms with Crippen molar-refractivity contribution in [2.24, 2.45) is 5.73 Å². The molecule has 2 rings (SSSR count). The predicted octanol–water partition coefficient (Wildman–Crippen LogP) is 1.68. The van der Waals surface area contributed by atoms with Crippen molar-refractivity contribution in [1.29, 1.82) is 0 Å². The van der Waals surface area contributed by atoms with Crippen molar-refractivity contribution in [2.45, 2.75) is 19.4 Å². The first-order chi connectivity index (χ1) is 7.25. The van der Waals surface area contributed by atoms with Crippen LogP contribution in [0.15, 0.2) is 34.9 Å². The summed E-state index contributed by atoms with van der Waals surface area (Å²) < 4.78 is 5.09. The molecule has 2 aromatic rings. The molecule has 1 atom stereocenters. The normalized spacial score (nSPS) is 12.7. The van der Waals surface area contributed by atoms with Gasteiger partial charge in [-0.3, -0.25) is 0 Å². The molecule has 1 aromatic heterocycles. The third-order valence-electron chi connectivity index (χ3n) is 2.09. The van der Waals surface area contributed by atoms with Crippen LogP contribution in [-0.4, -0.2) is 10.1 Å². The van der Waals surface area contributed by atoms with Crippen molar-refractivity contribution in [3.8, 4) is 0 Å². The number of hydrogen-bond acceptors (Lipinski definition) is 4. The van der Waals surface area contributed by atoms with E-state index in [1.165, 1.54) is 0 Å². The molecule has 0 aliphatic rings. The quantitative estimate of drug-likeness (QED) is 0.824. The lowest BCUT2D eigenvalue weighted by Crippen LogP contribution is -2.06. The maximum absolute atomic E-state index is 5.64. The van der Waals surface area contributed by atoms with E-state index in [1.54, 1.807) is 0 Å². The third-order valence-corrected chi connectivity index (χ3v) is 2.09. The van der Waals surface area contributed by atoms with Crippen LogP contribution in [-0.2, 0) is 6.42 Å². The van der Waals surface area contributed by atoms with Crippen molar-refractivity contribution in [2.75, 3.05) is 0 Å². The fourth-order valence-electron chi connectivity index (χ4n) is 1.30. The molecular weight excluding hydrogens is 190 g/mol. The van der Waals surface area contributed by atoms with Crippen molar-refractivity contribution < 1.29 is 4.52 Å². The zero-order valence-corrected chi connectivity index (χ0v) is 8.55. The molecule has 0 fully saturated rings. The average molecular weight is 203 g/mol. The molecule has 0 unspecified atom stereocenters. The fourth-order valence-corrected chi connectivity index (χ4v) is 1.30. The van der Waals surface area contributed by atoms with E-state index in [1.807, 2.05) is 37.3 Å². The van der Waals surface area contributed by atoms with E-state index in [9.17, 15) is 0 Å². The largest absolute Gasteiger partial charge is 0.339 e. The number of hydrogen-bond donors (Lipinski definition) is 1. The van der Waals surface area contributed by atoms with Gasteiger partial charge in [0, 0.05) is 0 Å². The zero-order chi connectivity index (χ0) is 10.7. The Bertz CT molecular complexity index is 422. The topological polar surface area (TPSA) is 64.9 Å². The van der Waals surface area contributed by atoms with Gasteiger partial charge in [0.2, 0.25) is 5.89 Å². The summed E-state index contributed by atoms with van der Waals surface area (Å²) in [6.45, 7) is 1.83.